The zero-order valence-corrected chi connectivity index (χ0v) is 11.0. The van der Waals surface area contributed by atoms with Crippen LogP contribution in [0.2, 0.25) is 0 Å². The van der Waals surface area contributed by atoms with E-state index >= 15 is 0 Å². The number of hydrogen-bond acceptors (Lipinski definition) is 6. The second-order valence-electron chi connectivity index (χ2n) is 4.24. The second kappa shape index (κ2) is 4.26. The Bertz CT molecular complexity index is 655. The molecule has 1 aliphatic carbocycles. The summed E-state index contributed by atoms with van der Waals surface area (Å²) in [7, 11) is 0. The first-order chi connectivity index (χ1) is 8.74. The smallest absolute Gasteiger partial charge is 0.184 e. The summed E-state index contributed by atoms with van der Waals surface area (Å²) >= 11 is 2.65. The van der Waals surface area contributed by atoms with Gasteiger partial charge in [-0.1, -0.05) is 11.3 Å². The molecule has 1 aromatic heterocycles. The Morgan fingerprint density at radius 2 is 2.39 bits per heavy atom. The largest absolute Gasteiger partial charge is 0.349 e. The lowest BCUT2D eigenvalue weighted by molar-refractivity contribution is -0.109. The number of thiazole rings is 1. The van der Waals surface area contributed by atoms with Crippen molar-refractivity contribution in [1.29, 1.82) is 5.26 Å². The van der Waals surface area contributed by atoms with E-state index in [1.807, 2.05) is 18.2 Å². The minimum absolute atomic E-state index is 0.377. The molecule has 0 unspecified atom stereocenters. The van der Waals surface area contributed by atoms with Crippen molar-refractivity contribution in [3.8, 4) is 5.40 Å². The number of carbonyl (C=O) groups is 1. The number of nitriles is 1. The first-order valence-electron chi connectivity index (χ1n) is 5.46. The van der Waals surface area contributed by atoms with Crippen LogP contribution in [0.1, 0.15) is 12.8 Å². The highest BCUT2D eigenvalue weighted by Crippen LogP contribution is 2.39. The first-order valence-corrected chi connectivity index (χ1v) is 7.09. The van der Waals surface area contributed by atoms with Crippen molar-refractivity contribution < 1.29 is 4.79 Å². The molecule has 3 rings (SSSR count). The summed E-state index contributed by atoms with van der Waals surface area (Å²) < 4.78 is 1.03. The number of fused-ring (bicyclic) bond motifs is 1. The van der Waals surface area contributed by atoms with Gasteiger partial charge >= 0.3 is 0 Å². The highest BCUT2D eigenvalue weighted by Gasteiger charge is 2.43. The third-order valence-corrected chi connectivity index (χ3v) is 4.41. The molecule has 0 radical (unpaired) electrons. The molecule has 0 saturated heterocycles. The number of nitrogens with one attached hydrogen (secondary N) is 1. The average Bonchev–Trinajstić information content (AvgIpc) is 3.02. The number of carbonyl (C=O) groups excluding carboxylic acids is 1. The van der Waals surface area contributed by atoms with E-state index in [0.717, 1.165) is 51.1 Å². The van der Waals surface area contributed by atoms with Gasteiger partial charge in [-0.25, -0.2) is 4.98 Å². The number of thioether (sulfide) groups is 1. The van der Waals surface area contributed by atoms with Crippen LogP contribution < -0.4 is 5.32 Å². The van der Waals surface area contributed by atoms with Crippen LogP contribution in [0.5, 0.6) is 0 Å². The Morgan fingerprint density at radius 3 is 3.06 bits per heavy atom. The lowest BCUT2D eigenvalue weighted by atomic mass is 10.3. The molecule has 0 amide bonds. The minimum Gasteiger partial charge on any atom is -0.349 e. The van der Waals surface area contributed by atoms with Gasteiger partial charge in [0.15, 0.2) is 5.13 Å². The van der Waals surface area contributed by atoms with E-state index in [-0.39, 0.29) is 5.54 Å². The number of benzene rings is 1. The lowest BCUT2D eigenvalue weighted by Gasteiger charge is -2.06. The zero-order chi connectivity index (χ0) is 12.6. The number of thiocyanates is 1. The van der Waals surface area contributed by atoms with Gasteiger partial charge in [0, 0.05) is 4.90 Å². The number of nitrogens with zero attached hydrogens (tertiary/aromatic N) is 2. The van der Waals surface area contributed by atoms with E-state index in [4.69, 9.17) is 5.26 Å². The molecule has 1 saturated carbocycles. The summed E-state index contributed by atoms with van der Waals surface area (Å²) in [5.41, 5.74) is 0.518. The van der Waals surface area contributed by atoms with Crippen LogP contribution in [-0.4, -0.2) is 16.8 Å². The predicted octanol–water partition coefficient (Wildman–Crippen LogP) is 3.01. The number of aldehydes is 1. The van der Waals surface area contributed by atoms with Gasteiger partial charge in [-0.3, -0.25) is 0 Å². The van der Waals surface area contributed by atoms with E-state index in [1.54, 1.807) is 0 Å². The lowest BCUT2D eigenvalue weighted by Crippen LogP contribution is -2.22. The molecule has 1 fully saturated rings. The maximum atomic E-state index is 10.9. The zero-order valence-electron chi connectivity index (χ0n) is 9.34. The van der Waals surface area contributed by atoms with Gasteiger partial charge in [0.1, 0.15) is 11.7 Å². The van der Waals surface area contributed by atoms with Gasteiger partial charge in [-0.2, -0.15) is 5.26 Å². The van der Waals surface area contributed by atoms with Crippen LogP contribution in [0.4, 0.5) is 5.13 Å². The van der Waals surface area contributed by atoms with Gasteiger partial charge < -0.3 is 10.1 Å². The van der Waals surface area contributed by atoms with E-state index in [9.17, 15) is 4.79 Å². The fourth-order valence-electron chi connectivity index (χ4n) is 1.69. The molecule has 0 aliphatic heterocycles. The normalized spacial score (nSPS) is 16.2. The second-order valence-corrected chi connectivity index (χ2v) is 6.13. The number of hydrogen-bond donors (Lipinski definition) is 1. The molecular formula is C12H9N3OS2. The maximum absolute atomic E-state index is 10.9. The monoisotopic (exact) mass is 275 g/mol. The van der Waals surface area contributed by atoms with Crippen molar-refractivity contribution in [2.24, 2.45) is 0 Å². The Labute approximate surface area is 112 Å². The van der Waals surface area contributed by atoms with Crippen LogP contribution in [0.25, 0.3) is 10.2 Å². The number of aromatic nitrogens is 1. The first kappa shape index (κ1) is 11.5. The van der Waals surface area contributed by atoms with Gasteiger partial charge in [0.25, 0.3) is 0 Å². The predicted molar refractivity (Wildman–Crippen MR) is 72.7 cm³/mol. The Morgan fingerprint density at radius 1 is 1.56 bits per heavy atom. The SMILES string of the molecule is N#CSc1ccc2nc(NC3(C=O)CC3)sc2c1. The molecule has 90 valence electrons. The maximum Gasteiger partial charge on any atom is 0.184 e. The average molecular weight is 275 g/mol. The molecule has 4 nitrogen and oxygen atoms in total. The molecule has 0 atom stereocenters. The molecule has 6 heteroatoms. The summed E-state index contributed by atoms with van der Waals surface area (Å²) in [4.78, 5) is 16.3. The summed E-state index contributed by atoms with van der Waals surface area (Å²) in [6.45, 7) is 0. The molecule has 0 spiro atoms. The van der Waals surface area contributed by atoms with Crippen molar-refractivity contribution in [3.05, 3.63) is 18.2 Å². The quantitative estimate of drug-likeness (QED) is 0.528. The van der Waals surface area contributed by atoms with E-state index in [2.05, 4.69) is 15.7 Å². The van der Waals surface area contributed by atoms with Crippen molar-refractivity contribution in [2.45, 2.75) is 23.3 Å². The van der Waals surface area contributed by atoms with E-state index in [1.165, 1.54) is 11.3 Å². The Kier molecular flexibility index (Phi) is 2.73. The Balaban J connectivity index is 1.91. The van der Waals surface area contributed by atoms with Gasteiger partial charge in [-0.05, 0) is 42.8 Å². The number of anilines is 1. The highest BCUT2D eigenvalue weighted by molar-refractivity contribution is 8.03. The van der Waals surface area contributed by atoms with Gasteiger partial charge in [0.2, 0.25) is 0 Å². The van der Waals surface area contributed by atoms with Crippen LogP contribution >= 0.6 is 23.1 Å². The Hall–Kier alpha value is -1.58. The van der Waals surface area contributed by atoms with Crippen molar-refractivity contribution in [1.82, 2.24) is 4.98 Å². The molecule has 1 N–H and O–H groups in total. The van der Waals surface area contributed by atoms with Crippen LogP contribution in [-0.2, 0) is 4.79 Å². The van der Waals surface area contributed by atoms with Gasteiger partial charge in [-0.15, -0.1) is 0 Å². The van der Waals surface area contributed by atoms with E-state index < -0.39 is 0 Å². The van der Waals surface area contributed by atoms with Gasteiger partial charge in [0.05, 0.1) is 15.8 Å². The summed E-state index contributed by atoms with van der Waals surface area (Å²) in [6, 6.07) is 5.73. The van der Waals surface area contributed by atoms with Crippen molar-refractivity contribution >= 4 is 44.7 Å². The minimum atomic E-state index is -0.377. The molecule has 1 aromatic carbocycles. The summed E-state index contributed by atoms with van der Waals surface area (Å²) in [5.74, 6) is 0. The topological polar surface area (TPSA) is 65.8 Å². The summed E-state index contributed by atoms with van der Waals surface area (Å²) in [6.07, 6.45) is 2.72. The standard InChI is InChI=1S/C12H9N3OS2/c13-7-17-8-1-2-9-10(5-8)18-11(14-9)15-12(6-16)3-4-12/h1-2,5-6H,3-4H2,(H,14,15). The van der Waals surface area contributed by atoms with E-state index in [0.29, 0.717) is 0 Å². The third-order valence-electron chi connectivity index (χ3n) is 2.89. The van der Waals surface area contributed by atoms with Crippen LogP contribution in [0.15, 0.2) is 23.1 Å². The van der Waals surface area contributed by atoms with Crippen molar-refractivity contribution in [3.63, 3.8) is 0 Å². The molecule has 18 heavy (non-hydrogen) atoms. The third kappa shape index (κ3) is 2.07. The fraction of sp³-hybridized carbons (Fsp3) is 0.250. The van der Waals surface area contributed by atoms with Crippen LogP contribution in [0, 0.1) is 10.7 Å². The van der Waals surface area contributed by atoms with Crippen LogP contribution in [0.3, 0.4) is 0 Å². The fourth-order valence-corrected chi connectivity index (χ4v) is 3.20. The molecule has 0 bridgehead atoms. The molecule has 1 heterocycles. The molecule has 2 aromatic rings. The summed E-state index contributed by atoms with van der Waals surface area (Å²) in [5, 5.41) is 14.7. The molecular weight excluding hydrogens is 266 g/mol. The highest BCUT2D eigenvalue weighted by atomic mass is 32.2. The number of rotatable bonds is 4. The molecule has 1 aliphatic rings. The van der Waals surface area contributed by atoms with Crippen molar-refractivity contribution in [2.75, 3.05) is 5.32 Å².